The number of aliphatic imine (C=N–C) groups is 1. The van der Waals surface area contributed by atoms with Gasteiger partial charge in [-0.2, -0.15) is 0 Å². The van der Waals surface area contributed by atoms with E-state index in [0.29, 0.717) is 5.96 Å². The third-order valence-electron chi connectivity index (χ3n) is 3.62. The topological polar surface area (TPSA) is 74.9 Å². The minimum Gasteiger partial charge on any atom is -0.385 e. The molecule has 1 aliphatic rings. The average Bonchev–Trinajstić information content (AvgIpc) is 2.95. The summed E-state index contributed by atoms with van der Waals surface area (Å²) in [6.45, 7) is 3.33. The zero-order valence-electron chi connectivity index (χ0n) is 12.3. The molecule has 112 valence electrons. The van der Waals surface area contributed by atoms with E-state index in [1.807, 2.05) is 0 Å². The standard InChI is InChI=1S/C13H29N5O/c1-18(12-6-3-4-7-12)10-9-16-13(17-14)15-8-5-11-19-2/h12H,3-11,14H2,1-2H3,(H2,15,16,17). The molecule has 1 saturated carbocycles. The average molecular weight is 271 g/mol. The molecule has 1 aliphatic carbocycles. The Balaban J connectivity index is 2.13. The van der Waals surface area contributed by atoms with Crippen LogP contribution in [0, 0.1) is 0 Å². The van der Waals surface area contributed by atoms with Gasteiger partial charge in [0.05, 0.1) is 0 Å². The van der Waals surface area contributed by atoms with E-state index < -0.39 is 0 Å². The molecule has 0 aromatic heterocycles. The van der Waals surface area contributed by atoms with Crippen LogP contribution < -0.4 is 16.6 Å². The van der Waals surface area contributed by atoms with Crippen molar-refractivity contribution in [2.24, 2.45) is 10.8 Å². The SMILES string of the molecule is COCCCN=C(NN)NCCN(C)C1CCCC1. The highest BCUT2D eigenvalue weighted by molar-refractivity contribution is 5.79. The molecule has 4 N–H and O–H groups in total. The van der Waals surface area contributed by atoms with Crippen molar-refractivity contribution in [3.63, 3.8) is 0 Å². The molecule has 0 unspecified atom stereocenters. The Bertz CT molecular complexity index is 253. The van der Waals surface area contributed by atoms with Crippen LogP contribution in [0.2, 0.25) is 0 Å². The number of guanidine groups is 1. The Morgan fingerprint density at radius 1 is 1.42 bits per heavy atom. The van der Waals surface area contributed by atoms with E-state index in [4.69, 9.17) is 10.6 Å². The molecule has 0 atom stereocenters. The van der Waals surface area contributed by atoms with Crippen LogP contribution >= 0.6 is 0 Å². The summed E-state index contributed by atoms with van der Waals surface area (Å²) >= 11 is 0. The molecule has 0 radical (unpaired) electrons. The van der Waals surface area contributed by atoms with E-state index in [2.05, 4.69) is 27.7 Å². The van der Waals surface area contributed by atoms with Gasteiger partial charge in [-0.15, -0.1) is 0 Å². The zero-order valence-corrected chi connectivity index (χ0v) is 12.3. The van der Waals surface area contributed by atoms with Crippen LogP contribution in [0.4, 0.5) is 0 Å². The second-order valence-corrected chi connectivity index (χ2v) is 5.07. The van der Waals surface area contributed by atoms with Crippen LogP contribution in [0.3, 0.4) is 0 Å². The van der Waals surface area contributed by atoms with Crippen LogP contribution in [0.25, 0.3) is 0 Å². The third kappa shape index (κ3) is 6.75. The Hall–Kier alpha value is -0.850. The molecule has 1 fully saturated rings. The maximum absolute atomic E-state index is 5.44. The molecule has 0 aliphatic heterocycles. The van der Waals surface area contributed by atoms with Crippen molar-refractivity contribution in [3.8, 4) is 0 Å². The normalized spacial score (nSPS) is 17.2. The minimum atomic E-state index is 0.663. The van der Waals surface area contributed by atoms with Gasteiger partial charge < -0.3 is 15.0 Å². The lowest BCUT2D eigenvalue weighted by atomic mass is 10.2. The lowest BCUT2D eigenvalue weighted by molar-refractivity contribution is 0.197. The third-order valence-corrected chi connectivity index (χ3v) is 3.62. The first-order valence-electron chi connectivity index (χ1n) is 7.22. The predicted molar refractivity (Wildman–Crippen MR) is 79.0 cm³/mol. The quantitative estimate of drug-likeness (QED) is 0.195. The highest BCUT2D eigenvalue weighted by Gasteiger charge is 2.18. The Morgan fingerprint density at radius 3 is 2.79 bits per heavy atom. The molecule has 0 saturated heterocycles. The van der Waals surface area contributed by atoms with E-state index >= 15 is 0 Å². The van der Waals surface area contributed by atoms with Gasteiger partial charge in [0.15, 0.2) is 0 Å². The summed E-state index contributed by atoms with van der Waals surface area (Å²) in [6, 6.07) is 0.759. The lowest BCUT2D eigenvalue weighted by Gasteiger charge is -2.24. The fourth-order valence-electron chi connectivity index (χ4n) is 2.43. The van der Waals surface area contributed by atoms with Crippen molar-refractivity contribution < 1.29 is 4.74 Å². The molecule has 6 heteroatoms. The number of likely N-dealkylation sites (N-methyl/N-ethyl adjacent to an activating group) is 1. The van der Waals surface area contributed by atoms with Gasteiger partial charge in [-0.25, -0.2) is 5.84 Å². The lowest BCUT2D eigenvalue weighted by Crippen LogP contribution is -2.45. The summed E-state index contributed by atoms with van der Waals surface area (Å²) in [5.41, 5.74) is 2.60. The maximum Gasteiger partial charge on any atom is 0.205 e. The number of ether oxygens (including phenoxy) is 1. The van der Waals surface area contributed by atoms with Gasteiger partial charge >= 0.3 is 0 Å². The Morgan fingerprint density at radius 2 is 2.16 bits per heavy atom. The maximum atomic E-state index is 5.44. The smallest absolute Gasteiger partial charge is 0.205 e. The Kier molecular flexibility index (Phi) is 8.53. The van der Waals surface area contributed by atoms with Crippen molar-refractivity contribution in [2.75, 3.05) is 40.4 Å². The summed E-state index contributed by atoms with van der Waals surface area (Å²) in [6.07, 6.45) is 6.33. The van der Waals surface area contributed by atoms with Gasteiger partial charge in [-0.1, -0.05) is 12.8 Å². The molecular weight excluding hydrogens is 242 g/mol. The first-order chi connectivity index (χ1) is 9.27. The number of nitrogens with zero attached hydrogens (tertiary/aromatic N) is 2. The monoisotopic (exact) mass is 271 g/mol. The Labute approximate surface area is 116 Å². The summed E-state index contributed by atoms with van der Waals surface area (Å²) in [4.78, 5) is 6.77. The molecule has 0 aromatic carbocycles. The summed E-state index contributed by atoms with van der Waals surface area (Å²) in [7, 11) is 3.89. The number of hydrogen-bond acceptors (Lipinski definition) is 4. The van der Waals surface area contributed by atoms with Crippen molar-refractivity contribution in [2.45, 2.75) is 38.1 Å². The zero-order chi connectivity index (χ0) is 13.9. The van der Waals surface area contributed by atoms with Gasteiger partial charge in [0, 0.05) is 39.4 Å². The number of nitrogens with one attached hydrogen (secondary N) is 2. The summed E-state index contributed by atoms with van der Waals surface area (Å²) < 4.78 is 4.98. The van der Waals surface area contributed by atoms with Crippen molar-refractivity contribution in [3.05, 3.63) is 0 Å². The first-order valence-corrected chi connectivity index (χ1v) is 7.22. The van der Waals surface area contributed by atoms with Crippen LogP contribution in [0.5, 0.6) is 0 Å². The molecule has 1 rings (SSSR count). The highest BCUT2D eigenvalue weighted by Crippen LogP contribution is 2.21. The van der Waals surface area contributed by atoms with Crippen molar-refractivity contribution in [1.29, 1.82) is 0 Å². The van der Waals surface area contributed by atoms with E-state index in [-0.39, 0.29) is 0 Å². The fourth-order valence-corrected chi connectivity index (χ4v) is 2.43. The van der Waals surface area contributed by atoms with Gasteiger partial charge in [-0.05, 0) is 26.3 Å². The van der Waals surface area contributed by atoms with E-state index in [1.165, 1.54) is 25.7 Å². The molecule has 19 heavy (non-hydrogen) atoms. The van der Waals surface area contributed by atoms with Crippen LogP contribution in [0.15, 0.2) is 4.99 Å². The number of rotatable bonds is 8. The largest absolute Gasteiger partial charge is 0.385 e. The fraction of sp³-hybridized carbons (Fsp3) is 0.923. The summed E-state index contributed by atoms with van der Waals surface area (Å²) in [5.74, 6) is 6.10. The van der Waals surface area contributed by atoms with Crippen LogP contribution in [-0.4, -0.2) is 57.3 Å². The van der Waals surface area contributed by atoms with Gasteiger partial charge in [0.1, 0.15) is 0 Å². The molecule has 0 bridgehead atoms. The number of nitrogens with two attached hydrogens (primary N) is 1. The molecular formula is C13H29N5O. The highest BCUT2D eigenvalue weighted by atomic mass is 16.5. The molecule has 0 amide bonds. The van der Waals surface area contributed by atoms with E-state index in [1.54, 1.807) is 7.11 Å². The second-order valence-electron chi connectivity index (χ2n) is 5.07. The second kappa shape index (κ2) is 10.00. The number of hydrogen-bond donors (Lipinski definition) is 3. The van der Waals surface area contributed by atoms with E-state index in [0.717, 1.165) is 38.7 Å². The number of hydrazine groups is 1. The van der Waals surface area contributed by atoms with Gasteiger partial charge in [0.2, 0.25) is 5.96 Å². The number of methoxy groups -OCH3 is 1. The minimum absolute atomic E-state index is 0.663. The molecule has 0 heterocycles. The molecule has 0 spiro atoms. The first kappa shape index (κ1) is 16.2. The summed E-state index contributed by atoms with van der Waals surface area (Å²) in [5, 5.41) is 3.23. The predicted octanol–water partition coefficient (Wildman–Crippen LogP) is 0.306. The van der Waals surface area contributed by atoms with Crippen LogP contribution in [0.1, 0.15) is 32.1 Å². The van der Waals surface area contributed by atoms with Crippen molar-refractivity contribution in [1.82, 2.24) is 15.6 Å². The van der Waals surface area contributed by atoms with E-state index in [9.17, 15) is 0 Å². The molecule has 6 nitrogen and oxygen atoms in total. The molecule has 0 aromatic rings. The van der Waals surface area contributed by atoms with Gasteiger partial charge in [-0.3, -0.25) is 10.4 Å². The van der Waals surface area contributed by atoms with Crippen LogP contribution in [-0.2, 0) is 4.74 Å². The van der Waals surface area contributed by atoms with Crippen molar-refractivity contribution >= 4 is 5.96 Å². The van der Waals surface area contributed by atoms with Gasteiger partial charge in [0.25, 0.3) is 0 Å².